The van der Waals surface area contributed by atoms with Crippen LogP contribution in [0.3, 0.4) is 0 Å². The normalized spacial score (nSPS) is 13.7. The third-order valence-electron chi connectivity index (χ3n) is 4.90. The number of aromatic nitrogens is 2. The minimum atomic E-state index is -0.0815. The molecule has 1 fully saturated rings. The van der Waals surface area contributed by atoms with Crippen molar-refractivity contribution in [1.29, 1.82) is 0 Å². The number of nitrogens with zero attached hydrogens (tertiary/aromatic N) is 1. The van der Waals surface area contributed by atoms with E-state index in [9.17, 15) is 4.79 Å². The number of pyridine rings is 1. The molecule has 1 aliphatic rings. The van der Waals surface area contributed by atoms with Crippen molar-refractivity contribution in [3.8, 4) is 0 Å². The molecule has 2 heterocycles. The van der Waals surface area contributed by atoms with Gasteiger partial charge in [0.15, 0.2) is 0 Å². The number of hydrogen-bond donors (Lipinski definition) is 3. The monoisotopic (exact) mass is 348 g/mol. The molecule has 0 radical (unpaired) electrons. The molecule has 5 nitrogen and oxygen atoms in total. The number of rotatable bonds is 7. The summed E-state index contributed by atoms with van der Waals surface area (Å²) in [5.74, 6) is 1.55. The largest absolute Gasteiger partial charge is 0.370 e. The van der Waals surface area contributed by atoms with Crippen LogP contribution in [-0.2, 0) is 6.42 Å². The van der Waals surface area contributed by atoms with Crippen molar-refractivity contribution in [1.82, 2.24) is 15.3 Å². The van der Waals surface area contributed by atoms with Gasteiger partial charge >= 0.3 is 0 Å². The van der Waals surface area contributed by atoms with E-state index in [1.165, 1.54) is 29.4 Å². The second-order valence-electron chi connectivity index (χ2n) is 7.13. The van der Waals surface area contributed by atoms with Gasteiger partial charge in [-0.05, 0) is 61.4 Å². The van der Waals surface area contributed by atoms with Gasteiger partial charge in [-0.1, -0.05) is 12.1 Å². The second-order valence-corrected chi connectivity index (χ2v) is 7.13. The van der Waals surface area contributed by atoms with Gasteiger partial charge in [0.25, 0.3) is 5.91 Å². The molecule has 26 heavy (non-hydrogen) atoms. The summed E-state index contributed by atoms with van der Waals surface area (Å²) in [5, 5.41) is 7.51. The van der Waals surface area contributed by atoms with Gasteiger partial charge in [-0.25, -0.2) is 4.98 Å². The van der Waals surface area contributed by atoms with E-state index in [1.807, 2.05) is 18.3 Å². The van der Waals surface area contributed by atoms with E-state index in [1.54, 1.807) is 6.20 Å². The van der Waals surface area contributed by atoms with E-state index in [0.717, 1.165) is 30.2 Å². The van der Waals surface area contributed by atoms with Crippen LogP contribution in [0.1, 0.15) is 34.3 Å². The molecule has 4 rings (SSSR count). The summed E-state index contributed by atoms with van der Waals surface area (Å²) in [5.41, 5.74) is 4.20. The molecule has 0 unspecified atom stereocenters. The first-order chi connectivity index (χ1) is 12.7. The number of amides is 1. The number of H-pyrrole nitrogens is 1. The van der Waals surface area contributed by atoms with Crippen LogP contribution in [0, 0.1) is 12.8 Å². The summed E-state index contributed by atoms with van der Waals surface area (Å²) < 4.78 is 0. The highest BCUT2D eigenvalue weighted by molar-refractivity contribution is 5.94. The minimum Gasteiger partial charge on any atom is -0.370 e. The van der Waals surface area contributed by atoms with Crippen LogP contribution in [-0.4, -0.2) is 29.0 Å². The van der Waals surface area contributed by atoms with Crippen LogP contribution in [0.4, 0.5) is 5.82 Å². The molecular weight excluding hydrogens is 324 g/mol. The van der Waals surface area contributed by atoms with Crippen LogP contribution in [0.15, 0.2) is 42.7 Å². The quantitative estimate of drug-likeness (QED) is 0.610. The van der Waals surface area contributed by atoms with Gasteiger partial charge in [-0.3, -0.25) is 4.79 Å². The third-order valence-corrected chi connectivity index (χ3v) is 4.90. The third kappa shape index (κ3) is 3.87. The van der Waals surface area contributed by atoms with Crippen molar-refractivity contribution < 1.29 is 4.79 Å². The summed E-state index contributed by atoms with van der Waals surface area (Å²) >= 11 is 0. The van der Waals surface area contributed by atoms with E-state index in [0.29, 0.717) is 12.1 Å². The van der Waals surface area contributed by atoms with Crippen LogP contribution in [0.2, 0.25) is 0 Å². The highest BCUT2D eigenvalue weighted by Gasteiger charge is 2.20. The van der Waals surface area contributed by atoms with Gasteiger partial charge in [-0.15, -0.1) is 0 Å². The molecule has 1 amide bonds. The molecule has 0 aliphatic heterocycles. The molecule has 134 valence electrons. The van der Waals surface area contributed by atoms with Gasteiger partial charge in [0.1, 0.15) is 5.82 Å². The lowest BCUT2D eigenvalue weighted by Crippen LogP contribution is -2.25. The van der Waals surface area contributed by atoms with Gasteiger partial charge in [0.05, 0.1) is 5.56 Å². The van der Waals surface area contributed by atoms with Crippen molar-refractivity contribution in [3.63, 3.8) is 0 Å². The molecule has 0 saturated heterocycles. The molecule has 1 aromatic carbocycles. The molecule has 0 atom stereocenters. The van der Waals surface area contributed by atoms with Gasteiger partial charge in [-0.2, -0.15) is 0 Å². The second kappa shape index (κ2) is 7.20. The highest BCUT2D eigenvalue weighted by atomic mass is 16.1. The Kier molecular flexibility index (Phi) is 4.61. The summed E-state index contributed by atoms with van der Waals surface area (Å²) in [6, 6.07) is 10.1. The van der Waals surface area contributed by atoms with Gasteiger partial charge in [0.2, 0.25) is 0 Å². The Morgan fingerprint density at radius 1 is 1.27 bits per heavy atom. The lowest BCUT2D eigenvalue weighted by molar-refractivity contribution is 0.0954. The molecule has 0 spiro atoms. The van der Waals surface area contributed by atoms with E-state index in [4.69, 9.17) is 0 Å². The molecular formula is C21H24N4O. The molecule has 5 heteroatoms. The lowest BCUT2D eigenvalue weighted by atomic mass is 10.1. The molecule has 1 aliphatic carbocycles. The zero-order valence-electron chi connectivity index (χ0n) is 15.0. The number of aryl methyl sites for hydroxylation is 1. The van der Waals surface area contributed by atoms with Crippen LogP contribution in [0.5, 0.6) is 0 Å². The van der Waals surface area contributed by atoms with Gasteiger partial charge < -0.3 is 15.6 Å². The maximum Gasteiger partial charge on any atom is 0.252 e. The topological polar surface area (TPSA) is 69.8 Å². The number of benzene rings is 1. The summed E-state index contributed by atoms with van der Waals surface area (Å²) in [4.78, 5) is 19.9. The van der Waals surface area contributed by atoms with Crippen molar-refractivity contribution in [3.05, 3.63) is 59.4 Å². The molecule has 3 N–H and O–H groups in total. The Balaban J connectivity index is 1.30. The lowest BCUT2D eigenvalue weighted by Gasteiger charge is -2.07. The van der Waals surface area contributed by atoms with Crippen molar-refractivity contribution in [2.75, 3.05) is 18.4 Å². The number of carbonyl (C=O) groups excluding carboxylic acids is 1. The Morgan fingerprint density at radius 2 is 2.15 bits per heavy atom. The van der Waals surface area contributed by atoms with Crippen molar-refractivity contribution >= 4 is 22.6 Å². The molecule has 1 saturated carbocycles. The van der Waals surface area contributed by atoms with E-state index >= 15 is 0 Å². The average Bonchev–Trinajstić information content (AvgIpc) is 3.40. The van der Waals surface area contributed by atoms with Crippen LogP contribution in [0.25, 0.3) is 10.9 Å². The van der Waals surface area contributed by atoms with Crippen LogP contribution < -0.4 is 10.6 Å². The molecule has 2 aromatic heterocycles. The minimum absolute atomic E-state index is 0.0815. The SMILES string of the molecule is Cc1ccc2c(CCNC(=O)c3ccc(NCC4CC4)nc3)c[nH]c2c1. The number of fused-ring (bicyclic) bond motifs is 1. The molecule has 3 aromatic rings. The maximum absolute atomic E-state index is 12.3. The fraction of sp³-hybridized carbons (Fsp3) is 0.333. The Morgan fingerprint density at radius 3 is 2.92 bits per heavy atom. The summed E-state index contributed by atoms with van der Waals surface area (Å²) in [6.45, 7) is 3.66. The summed E-state index contributed by atoms with van der Waals surface area (Å²) in [7, 11) is 0. The Bertz CT molecular complexity index is 909. The smallest absolute Gasteiger partial charge is 0.252 e. The van der Waals surface area contributed by atoms with Crippen LogP contribution >= 0.6 is 0 Å². The molecule has 0 bridgehead atoms. The number of anilines is 1. The van der Waals surface area contributed by atoms with E-state index in [-0.39, 0.29) is 5.91 Å². The van der Waals surface area contributed by atoms with Crippen molar-refractivity contribution in [2.45, 2.75) is 26.2 Å². The van der Waals surface area contributed by atoms with E-state index < -0.39 is 0 Å². The maximum atomic E-state index is 12.3. The van der Waals surface area contributed by atoms with Gasteiger partial charge in [0, 0.05) is 36.4 Å². The summed E-state index contributed by atoms with van der Waals surface area (Å²) in [6.07, 6.45) is 7.08. The fourth-order valence-corrected chi connectivity index (χ4v) is 3.12. The highest BCUT2D eigenvalue weighted by Crippen LogP contribution is 2.28. The number of aromatic amines is 1. The Labute approximate surface area is 153 Å². The fourth-order valence-electron chi connectivity index (χ4n) is 3.12. The zero-order valence-corrected chi connectivity index (χ0v) is 15.0. The van der Waals surface area contributed by atoms with E-state index in [2.05, 4.69) is 45.7 Å². The predicted octanol–water partition coefficient (Wildman–Crippen LogP) is 3.67. The predicted molar refractivity (Wildman–Crippen MR) is 105 cm³/mol. The Hall–Kier alpha value is -2.82. The average molecular weight is 348 g/mol. The first-order valence-corrected chi connectivity index (χ1v) is 9.24. The van der Waals surface area contributed by atoms with Crippen molar-refractivity contribution in [2.24, 2.45) is 5.92 Å². The first-order valence-electron chi connectivity index (χ1n) is 9.24. The standard InChI is InChI=1S/C21H24N4O/c1-14-2-6-18-16(12-23-19(18)10-14)8-9-22-21(26)17-5-7-20(25-13-17)24-11-15-3-4-15/h2,5-7,10,12-13,15,23H,3-4,8-9,11H2,1H3,(H,22,26)(H,24,25). The first kappa shape index (κ1) is 16.6. The zero-order chi connectivity index (χ0) is 17.9. The number of nitrogens with one attached hydrogen (secondary N) is 3. The number of hydrogen-bond acceptors (Lipinski definition) is 3. The number of carbonyl (C=O) groups is 1.